The van der Waals surface area contributed by atoms with Crippen molar-refractivity contribution in [3.05, 3.63) is 52.6 Å². The molecule has 26 heavy (non-hydrogen) atoms. The molecular formula is C19H23N5OS. The molecule has 0 aliphatic heterocycles. The molecule has 6 nitrogen and oxygen atoms in total. The third-order valence-electron chi connectivity index (χ3n) is 4.41. The van der Waals surface area contributed by atoms with Crippen molar-refractivity contribution in [3.8, 4) is 10.6 Å². The molecule has 0 fully saturated rings. The molecular weight excluding hydrogens is 346 g/mol. The van der Waals surface area contributed by atoms with Gasteiger partial charge in [-0.05, 0) is 44.4 Å². The van der Waals surface area contributed by atoms with E-state index in [1.807, 2.05) is 36.2 Å². The number of nitrogens with one attached hydrogen (secondary N) is 1. The van der Waals surface area contributed by atoms with Crippen LogP contribution in [0.3, 0.4) is 0 Å². The first kappa shape index (κ1) is 18.3. The first-order chi connectivity index (χ1) is 12.5. The minimum atomic E-state index is 0.0104. The molecule has 3 heterocycles. The Bertz CT molecular complexity index is 885. The Balaban J connectivity index is 1.45. The number of hydrogen-bond acceptors (Lipinski definition) is 5. The van der Waals surface area contributed by atoms with E-state index >= 15 is 0 Å². The number of pyridine rings is 1. The predicted octanol–water partition coefficient (Wildman–Crippen LogP) is 2.85. The topological polar surface area (TPSA) is 72.7 Å². The SMILES string of the molecule is Cc1nn(C)c(C)c1CCCNC(=O)Cc1csc(-c2ccncc2)n1. The third kappa shape index (κ3) is 4.35. The van der Waals surface area contributed by atoms with Gasteiger partial charge in [-0.3, -0.25) is 14.5 Å². The van der Waals surface area contributed by atoms with Crippen molar-refractivity contribution in [2.24, 2.45) is 7.05 Å². The highest BCUT2D eigenvalue weighted by molar-refractivity contribution is 7.13. The van der Waals surface area contributed by atoms with Gasteiger partial charge in [-0.25, -0.2) is 4.98 Å². The van der Waals surface area contributed by atoms with Crippen LogP contribution >= 0.6 is 11.3 Å². The highest BCUT2D eigenvalue weighted by Crippen LogP contribution is 2.23. The molecule has 0 saturated heterocycles. The molecule has 0 spiro atoms. The van der Waals surface area contributed by atoms with Crippen molar-refractivity contribution in [1.82, 2.24) is 25.1 Å². The van der Waals surface area contributed by atoms with Gasteiger partial charge in [-0.15, -0.1) is 11.3 Å². The monoisotopic (exact) mass is 369 g/mol. The number of aromatic nitrogens is 4. The Labute approximate surface area is 157 Å². The minimum Gasteiger partial charge on any atom is -0.356 e. The summed E-state index contributed by atoms with van der Waals surface area (Å²) in [5.41, 5.74) is 5.38. The Morgan fingerprint density at radius 3 is 2.73 bits per heavy atom. The van der Waals surface area contributed by atoms with E-state index in [2.05, 4.69) is 27.3 Å². The van der Waals surface area contributed by atoms with Gasteiger partial charge in [0.15, 0.2) is 0 Å². The molecule has 7 heteroatoms. The van der Waals surface area contributed by atoms with Gasteiger partial charge < -0.3 is 5.32 Å². The summed E-state index contributed by atoms with van der Waals surface area (Å²) in [6, 6.07) is 3.84. The summed E-state index contributed by atoms with van der Waals surface area (Å²) in [6.45, 7) is 4.77. The molecule has 0 bridgehead atoms. The first-order valence-electron chi connectivity index (χ1n) is 8.65. The smallest absolute Gasteiger partial charge is 0.226 e. The minimum absolute atomic E-state index is 0.0104. The zero-order valence-electron chi connectivity index (χ0n) is 15.3. The van der Waals surface area contributed by atoms with Crippen LogP contribution in [0.15, 0.2) is 29.9 Å². The van der Waals surface area contributed by atoms with E-state index in [0.29, 0.717) is 13.0 Å². The van der Waals surface area contributed by atoms with Gasteiger partial charge in [0.05, 0.1) is 17.8 Å². The molecule has 0 unspecified atom stereocenters. The molecule has 0 radical (unpaired) electrons. The van der Waals surface area contributed by atoms with Crippen LogP contribution in [-0.4, -0.2) is 32.2 Å². The summed E-state index contributed by atoms with van der Waals surface area (Å²) in [5, 5.41) is 10.3. The number of rotatable bonds is 7. The molecule has 0 aromatic carbocycles. The van der Waals surface area contributed by atoms with Crippen LogP contribution in [0.1, 0.15) is 29.1 Å². The second-order valence-corrected chi connectivity index (χ2v) is 7.14. The number of thiazole rings is 1. The molecule has 0 saturated carbocycles. The second kappa shape index (κ2) is 8.23. The summed E-state index contributed by atoms with van der Waals surface area (Å²) in [6.07, 6.45) is 5.63. The van der Waals surface area contributed by atoms with E-state index in [-0.39, 0.29) is 5.91 Å². The van der Waals surface area contributed by atoms with Gasteiger partial charge in [0, 0.05) is 42.6 Å². The molecule has 3 aromatic rings. The zero-order chi connectivity index (χ0) is 18.5. The van der Waals surface area contributed by atoms with Crippen molar-refractivity contribution < 1.29 is 4.79 Å². The van der Waals surface area contributed by atoms with Crippen LogP contribution in [0, 0.1) is 13.8 Å². The molecule has 1 amide bonds. The van der Waals surface area contributed by atoms with Gasteiger partial charge in [-0.1, -0.05) is 0 Å². The normalized spacial score (nSPS) is 10.9. The van der Waals surface area contributed by atoms with E-state index in [1.165, 1.54) is 11.3 Å². The largest absolute Gasteiger partial charge is 0.356 e. The number of carbonyl (C=O) groups excluding carboxylic acids is 1. The average Bonchev–Trinajstić information content (AvgIpc) is 3.18. The highest BCUT2D eigenvalue weighted by Gasteiger charge is 2.11. The Hall–Kier alpha value is -2.54. The third-order valence-corrected chi connectivity index (χ3v) is 5.35. The summed E-state index contributed by atoms with van der Waals surface area (Å²) in [7, 11) is 1.96. The van der Waals surface area contributed by atoms with Crippen molar-refractivity contribution in [3.63, 3.8) is 0 Å². The highest BCUT2D eigenvalue weighted by atomic mass is 32.1. The average molecular weight is 369 g/mol. The molecule has 1 N–H and O–H groups in total. The molecule has 3 aromatic heterocycles. The molecule has 0 aliphatic rings. The number of amides is 1. The van der Waals surface area contributed by atoms with Gasteiger partial charge in [0.1, 0.15) is 5.01 Å². The standard InChI is InChI=1S/C19H23N5OS/c1-13-17(14(2)24(3)23-13)5-4-8-21-18(25)11-16-12-26-19(22-16)15-6-9-20-10-7-15/h6-7,9-10,12H,4-5,8,11H2,1-3H3,(H,21,25). The maximum atomic E-state index is 12.1. The number of aryl methyl sites for hydroxylation is 2. The lowest BCUT2D eigenvalue weighted by atomic mass is 10.1. The van der Waals surface area contributed by atoms with Gasteiger partial charge >= 0.3 is 0 Å². The maximum Gasteiger partial charge on any atom is 0.226 e. The predicted molar refractivity (Wildman–Crippen MR) is 103 cm³/mol. The van der Waals surface area contributed by atoms with Crippen LogP contribution in [0.4, 0.5) is 0 Å². The Kier molecular flexibility index (Phi) is 5.78. The maximum absolute atomic E-state index is 12.1. The van der Waals surface area contributed by atoms with E-state index < -0.39 is 0 Å². The first-order valence-corrected chi connectivity index (χ1v) is 9.53. The number of hydrogen-bond donors (Lipinski definition) is 1. The molecule has 3 rings (SSSR count). The Morgan fingerprint density at radius 2 is 2.04 bits per heavy atom. The lowest BCUT2D eigenvalue weighted by Gasteiger charge is -2.05. The summed E-state index contributed by atoms with van der Waals surface area (Å²) in [5.74, 6) is 0.0104. The van der Waals surface area contributed by atoms with E-state index in [4.69, 9.17) is 0 Å². The van der Waals surface area contributed by atoms with Crippen LogP contribution in [0.2, 0.25) is 0 Å². The molecule has 0 aliphatic carbocycles. The summed E-state index contributed by atoms with van der Waals surface area (Å²) < 4.78 is 1.91. The fraction of sp³-hybridized carbons (Fsp3) is 0.368. The zero-order valence-corrected chi connectivity index (χ0v) is 16.1. The van der Waals surface area contributed by atoms with Crippen LogP contribution in [0.25, 0.3) is 10.6 Å². The quantitative estimate of drug-likeness (QED) is 0.650. The summed E-state index contributed by atoms with van der Waals surface area (Å²) in [4.78, 5) is 20.7. The van der Waals surface area contributed by atoms with Gasteiger partial charge in [-0.2, -0.15) is 5.10 Å². The molecule has 136 valence electrons. The van der Waals surface area contributed by atoms with E-state index in [9.17, 15) is 4.79 Å². The lowest BCUT2D eigenvalue weighted by molar-refractivity contribution is -0.120. The number of nitrogens with zero attached hydrogens (tertiary/aromatic N) is 4. The van der Waals surface area contributed by atoms with Crippen molar-refractivity contribution in [2.75, 3.05) is 6.54 Å². The van der Waals surface area contributed by atoms with Gasteiger partial charge in [0.2, 0.25) is 5.91 Å². The lowest BCUT2D eigenvalue weighted by Crippen LogP contribution is -2.26. The van der Waals surface area contributed by atoms with Crippen LogP contribution in [-0.2, 0) is 24.7 Å². The van der Waals surface area contributed by atoms with E-state index in [0.717, 1.165) is 34.8 Å². The van der Waals surface area contributed by atoms with Crippen LogP contribution < -0.4 is 5.32 Å². The fourth-order valence-corrected chi connectivity index (χ4v) is 3.74. The molecule has 0 atom stereocenters. The van der Waals surface area contributed by atoms with Crippen molar-refractivity contribution >= 4 is 17.2 Å². The fourth-order valence-electron chi connectivity index (χ4n) is 2.91. The van der Waals surface area contributed by atoms with Crippen molar-refractivity contribution in [2.45, 2.75) is 33.1 Å². The Morgan fingerprint density at radius 1 is 1.27 bits per heavy atom. The van der Waals surface area contributed by atoms with Crippen molar-refractivity contribution in [1.29, 1.82) is 0 Å². The van der Waals surface area contributed by atoms with Crippen LogP contribution in [0.5, 0.6) is 0 Å². The number of carbonyl (C=O) groups is 1. The second-order valence-electron chi connectivity index (χ2n) is 6.28. The van der Waals surface area contributed by atoms with E-state index in [1.54, 1.807) is 23.7 Å². The van der Waals surface area contributed by atoms with Gasteiger partial charge in [0.25, 0.3) is 0 Å². The summed E-state index contributed by atoms with van der Waals surface area (Å²) >= 11 is 1.55.